The number of hydrogen-bond donors (Lipinski definition) is 3. The molecule has 1 aromatic carbocycles. The number of amides is 1. The largest absolute Gasteiger partial charge is 0.481 e. The fraction of sp³-hybridized carbons (Fsp3) is 0.591. The van der Waals surface area contributed by atoms with E-state index in [0.29, 0.717) is 11.5 Å². The first-order chi connectivity index (χ1) is 13.5. The minimum atomic E-state index is -1.25. The van der Waals surface area contributed by atoms with Gasteiger partial charge < -0.3 is 20.9 Å². The van der Waals surface area contributed by atoms with E-state index in [2.05, 4.69) is 26.1 Å². The predicted molar refractivity (Wildman–Crippen MR) is 107 cm³/mol. The van der Waals surface area contributed by atoms with Gasteiger partial charge in [-0.25, -0.2) is 4.79 Å². The first kappa shape index (κ1) is 21.3. The Labute approximate surface area is 171 Å². The van der Waals surface area contributed by atoms with Gasteiger partial charge in [-0.05, 0) is 30.7 Å². The highest BCUT2D eigenvalue weighted by atomic mass is 16.5. The van der Waals surface area contributed by atoms with E-state index in [1.165, 1.54) is 0 Å². The molecule has 2 aliphatic carbocycles. The molecule has 0 radical (unpaired) electrons. The summed E-state index contributed by atoms with van der Waals surface area (Å²) < 4.78 is 6.03. The Bertz CT molecular complexity index is 789. The molecule has 0 saturated heterocycles. The van der Waals surface area contributed by atoms with Gasteiger partial charge in [-0.2, -0.15) is 0 Å². The van der Waals surface area contributed by atoms with Crippen LogP contribution in [0.5, 0.6) is 0 Å². The molecule has 4 N–H and O–H groups in total. The molecule has 1 unspecified atom stereocenters. The summed E-state index contributed by atoms with van der Waals surface area (Å²) in [7, 11) is 0. The number of esters is 1. The molecular formula is C22H30N2O5. The molecule has 2 fully saturated rings. The Hall–Kier alpha value is -2.41. The summed E-state index contributed by atoms with van der Waals surface area (Å²) in [4.78, 5) is 36.5. The van der Waals surface area contributed by atoms with Crippen molar-refractivity contribution >= 4 is 17.8 Å². The van der Waals surface area contributed by atoms with Crippen LogP contribution in [0.25, 0.3) is 0 Å². The molecule has 1 amide bonds. The summed E-state index contributed by atoms with van der Waals surface area (Å²) in [6.07, 6.45) is 2.43. The molecule has 3 rings (SSSR count). The van der Waals surface area contributed by atoms with Crippen molar-refractivity contribution in [1.82, 2.24) is 5.32 Å². The number of aliphatic carboxylic acids is 1. The Balaban J connectivity index is 1.80. The number of fused-ring (bicyclic) bond motifs is 2. The molecule has 158 valence electrons. The van der Waals surface area contributed by atoms with Crippen LogP contribution >= 0.6 is 0 Å². The third-order valence-electron chi connectivity index (χ3n) is 6.76. The van der Waals surface area contributed by atoms with Crippen molar-refractivity contribution in [2.45, 2.75) is 64.6 Å². The molecule has 0 spiro atoms. The molecular weight excluding hydrogens is 372 g/mol. The second kappa shape index (κ2) is 7.78. The molecule has 1 aromatic rings. The fourth-order valence-corrected chi connectivity index (χ4v) is 5.19. The number of nitrogens with one attached hydrogen (secondary N) is 1. The number of nitrogens with two attached hydrogens (primary N) is 1. The second-order valence-corrected chi connectivity index (χ2v) is 9.29. The fourth-order valence-electron chi connectivity index (χ4n) is 5.19. The lowest BCUT2D eigenvalue weighted by Crippen LogP contribution is -2.48. The van der Waals surface area contributed by atoms with Crippen LogP contribution in [-0.2, 0) is 19.1 Å². The zero-order valence-corrected chi connectivity index (χ0v) is 17.2. The van der Waals surface area contributed by atoms with Crippen molar-refractivity contribution in [3.63, 3.8) is 0 Å². The molecule has 0 heterocycles. The lowest BCUT2D eigenvalue weighted by molar-refractivity contribution is -0.168. The number of benzene rings is 1. The van der Waals surface area contributed by atoms with Crippen LogP contribution < -0.4 is 11.1 Å². The van der Waals surface area contributed by atoms with E-state index in [0.717, 1.165) is 19.3 Å². The Morgan fingerprint density at radius 2 is 1.90 bits per heavy atom. The quantitative estimate of drug-likeness (QED) is 0.603. The highest BCUT2D eigenvalue weighted by molar-refractivity contribution is 5.90. The number of carbonyl (C=O) groups is 3. The predicted octanol–water partition coefficient (Wildman–Crippen LogP) is 2.40. The van der Waals surface area contributed by atoms with Gasteiger partial charge in [-0.1, -0.05) is 51.1 Å². The average molecular weight is 402 g/mol. The molecule has 7 heteroatoms. The summed E-state index contributed by atoms with van der Waals surface area (Å²) in [6.45, 7) is 6.44. The van der Waals surface area contributed by atoms with Crippen LogP contribution in [0, 0.1) is 16.7 Å². The molecule has 2 aliphatic rings. The first-order valence-electron chi connectivity index (χ1n) is 10.1. The van der Waals surface area contributed by atoms with Gasteiger partial charge in [0, 0.05) is 10.8 Å². The van der Waals surface area contributed by atoms with Crippen LogP contribution in [0.1, 0.15) is 58.1 Å². The molecule has 0 aliphatic heterocycles. The molecule has 2 bridgehead atoms. The average Bonchev–Trinajstić information content (AvgIpc) is 3.14. The van der Waals surface area contributed by atoms with Crippen LogP contribution in [-0.4, -0.2) is 35.1 Å². The van der Waals surface area contributed by atoms with Gasteiger partial charge in [-0.15, -0.1) is 0 Å². The second-order valence-electron chi connectivity index (χ2n) is 9.29. The summed E-state index contributed by atoms with van der Waals surface area (Å²) in [5.41, 5.74) is 6.05. The van der Waals surface area contributed by atoms with E-state index in [1.54, 1.807) is 24.3 Å². The molecule has 29 heavy (non-hydrogen) atoms. The Kier molecular flexibility index (Phi) is 5.72. The number of ether oxygens (including phenoxy) is 1. The van der Waals surface area contributed by atoms with Crippen LogP contribution in [0.3, 0.4) is 0 Å². The summed E-state index contributed by atoms with van der Waals surface area (Å²) in [6, 6.07) is 6.50. The van der Waals surface area contributed by atoms with Crippen molar-refractivity contribution in [3.05, 3.63) is 35.9 Å². The van der Waals surface area contributed by atoms with Gasteiger partial charge in [0.05, 0.1) is 12.5 Å². The number of carbonyl (C=O) groups excluding carboxylic acids is 2. The van der Waals surface area contributed by atoms with E-state index < -0.39 is 36.4 Å². The van der Waals surface area contributed by atoms with Crippen molar-refractivity contribution in [2.75, 3.05) is 0 Å². The zero-order chi connectivity index (χ0) is 21.4. The van der Waals surface area contributed by atoms with Gasteiger partial charge in [0.2, 0.25) is 5.91 Å². The Morgan fingerprint density at radius 1 is 1.24 bits per heavy atom. The molecule has 0 aromatic heterocycles. The molecule has 7 nitrogen and oxygen atoms in total. The Morgan fingerprint density at radius 3 is 2.45 bits per heavy atom. The lowest BCUT2D eigenvalue weighted by atomic mass is 9.70. The van der Waals surface area contributed by atoms with Crippen molar-refractivity contribution < 1.29 is 24.2 Å². The molecule has 5 atom stereocenters. The van der Waals surface area contributed by atoms with Crippen molar-refractivity contribution in [3.8, 4) is 0 Å². The van der Waals surface area contributed by atoms with Crippen molar-refractivity contribution in [2.24, 2.45) is 22.5 Å². The molecule has 2 saturated carbocycles. The summed E-state index contributed by atoms with van der Waals surface area (Å²) >= 11 is 0. The first-order valence-corrected chi connectivity index (χ1v) is 10.1. The highest BCUT2D eigenvalue weighted by Gasteiger charge is 2.61. The lowest BCUT2D eigenvalue weighted by Gasteiger charge is -2.42. The van der Waals surface area contributed by atoms with Gasteiger partial charge >= 0.3 is 11.9 Å². The number of carboxylic acid groups (broad SMARTS) is 1. The SMILES string of the molecule is CC12CC[C@@H](C1)C(C)(C)[C@H]2OC(=O)[C@H](NC(=O)[C@@H](N)CC(=O)O)c1ccccc1. The minimum Gasteiger partial charge on any atom is -0.481 e. The van der Waals surface area contributed by atoms with Crippen molar-refractivity contribution in [1.29, 1.82) is 0 Å². The monoisotopic (exact) mass is 402 g/mol. The van der Waals surface area contributed by atoms with Gasteiger partial charge in [-0.3, -0.25) is 9.59 Å². The number of carboxylic acids is 1. The summed E-state index contributed by atoms with van der Waals surface area (Å²) in [5, 5.41) is 11.5. The van der Waals surface area contributed by atoms with Crippen LogP contribution in [0.2, 0.25) is 0 Å². The standard InChI is InChI=1S/C22H30N2O5/c1-21(2)14-9-10-22(3,12-14)20(21)29-19(28)17(13-7-5-4-6-8-13)24-18(27)15(23)11-16(25)26/h4-8,14-15,17,20H,9-12,23H2,1-3H3,(H,24,27)(H,25,26)/t14-,15-,17+,20+,22?/m0/s1. The van der Waals surface area contributed by atoms with Crippen LogP contribution in [0.4, 0.5) is 0 Å². The van der Waals surface area contributed by atoms with E-state index in [9.17, 15) is 14.4 Å². The van der Waals surface area contributed by atoms with Gasteiger partial charge in [0.1, 0.15) is 6.10 Å². The maximum atomic E-state index is 13.2. The number of hydrogen-bond acceptors (Lipinski definition) is 5. The maximum Gasteiger partial charge on any atom is 0.333 e. The normalized spacial score (nSPS) is 29.1. The third kappa shape index (κ3) is 4.15. The zero-order valence-electron chi connectivity index (χ0n) is 17.2. The maximum absolute atomic E-state index is 13.2. The smallest absolute Gasteiger partial charge is 0.333 e. The highest BCUT2D eigenvalue weighted by Crippen LogP contribution is 2.63. The summed E-state index contributed by atoms with van der Waals surface area (Å²) in [5.74, 6) is -1.90. The van der Waals surface area contributed by atoms with Gasteiger partial charge in [0.15, 0.2) is 6.04 Å². The van der Waals surface area contributed by atoms with E-state index >= 15 is 0 Å². The third-order valence-corrected chi connectivity index (χ3v) is 6.76. The minimum absolute atomic E-state index is 0.0607. The van der Waals surface area contributed by atoms with Crippen LogP contribution in [0.15, 0.2) is 30.3 Å². The van der Waals surface area contributed by atoms with E-state index in [1.807, 2.05) is 6.07 Å². The number of rotatable bonds is 7. The van der Waals surface area contributed by atoms with Gasteiger partial charge in [0.25, 0.3) is 0 Å². The topological polar surface area (TPSA) is 119 Å². The van der Waals surface area contributed by atoms with E-state index in [-0.39, 0.29) is 16.9 Å². The van der Waals surface area contributed by atoms with E-state index in [4.69, 9.17) is 15.6 Å².